The van der Waals surface area contributed by atoms with Crippen LogP contribution in [0.3, 0.4) is 0 Å². The van der Waals surface area contributed by atoms with Crippen molar-refractivity contribution in [2.75, 3.05) is 6.61 Å². The maximum atomic E-state index is 11.7. The SMILES string of the molecule is O=C(NOCCCC(F)(F)F)c1ccns1. The van der Waals surface area contributed by atoms with Gasteiger partial charge in [0.15, 0.2) is 0 Å². The molecule has 0 aliphatic heterocycles. The van der Waals surface area contributed by atoms with Crippen LogP contribution >= 0.6 is 11.5 Å². The number of carbonyl (C=O) groups is 1. The molecule has 0 saturated carbocycles. The third-order valence-corrected chi connectivity index (χ3v) is 2.28. The lowest BCUT2D eigenvalue weighted by Gasteiger charge is -2.06. The molecule has 0 aliphatic rings. The van der Waals surface area contributed by atoms with Crippen LogP contribution < -0.4 is 5.48 Å². The third-order valence-electron chi connectivity index (χ3n) is 1.53. The number of nitrogens with one attached hydrogen (secondary N) is 1. The summed E-state index contributed by atoms with van der Waals surface area (Å²) in [6.07, 6.45) is -3.86. The van der Waals surface area contributed by atoms with Gasteiger partial charge in [-0.2, -0.15) is 13.2 Å². The van der Waals surface area contributed by atoms with Crippen molar-refractivity contribution in [2.24, 2.45) is 0 Å². The van der Waals surface area contributed by atoms with Crippen LogP contribution in [0.4, 0.5) is 13.2 Å². The predicted molar refractivity (Wildman–Crippen MR) is 50.8 cm³/mol. The van der Waals surface area contributed by atoms with Crippen molar-refractivity contribution in [1.82, 2.24) is 9.85 Å². The van der Waals surface area contributed by atoms with E-state index in [0.29, 0.717) is 4.88 Å². The Bertz CT molecular complexity index is 327. The van der Waals surface area contributed by atoms with Crippen LogP contribution in [-0.2, 0) is 4.84 Å². The summed E-state index contributed by atoms with van der Waals surface area (Å²) >= 11 is 0.977. The van der Waals surface area contributed by atoms with Crippen LogP contribution in [0, 0.1) is 0 Å². The van der Waals surface area contributed by atoms with Crippen LogP contribution in [-0.4, -0.2) is 23.1 Å². The first-order valence-electron chi connectivity index (χ1n) is 4.38. The van der Waals surface area contributed by atoms with Gasteiger partial charge in [-0.05, 0) is 24.0 Å². The van der Waals surface area contributed by atoms with Crippen LogP contribution in [0.2, 0.25) is 0 Å². The molecule has 8 heteroatoms. The first kappa shape index (κ1) is 12.9. The highest BCUT2D eigenvalue weighted by Gasteiger charge is 2.26. The van der Waals surface area contributed by atoms with Crippen molar-refractivity contribution < 1.29 is 22.8 Å². The fraction of sp³-hybridized carbons (Fsp3) is 0.500. The van der Waals surface area contributed by atoms with E-state index in [1.165, 1.54) is 12.3 Å². The number of aromatic nitrogens is 1. The number of halogens is 3. The van der Waals surface area contributed by atoms with Crippen molar-refractivity contribution >= 4 is 17.4 Å². The average molecular weight is 254 g/mol. The lowest BCUT2D eigenvalue weighted by Crippen LogP contribution is -2.23. The first-order chi connectivity index (χ1) is 7.49. The minimum Gasteiger partial charge on any atom is -0.273 e. The van der Waals surface area contributed by atoms with Crippen molar-refractivity contribution in [2.45, 2.75) is 19.0 Å². The van der Waals surface area contributed by atoms with E-state index >= 15 is 0 Å². The van der Waals surface area contributed by atoms with Gasteiger partial charge in [0, 0.05) is 12.6 Å². The fourth-order valence-electron chi connectivity index (χ4n) is 0.845. The van der Waals surface area contributed by atoms with Gasteiger partial charge >= 0.3 is 6.18 Å². The summed E-state index contributed by atoms with van der Waals surface area (Å²) in [5, 5.41) is 0. The number of alkyl halides is 3. The van der Waals surface area contributed by atoms with Gasteiger partial charge in [-0.3, -0.25) is 9.63 Å². The molecule has 1 N–H and O–H groups in total. The van der Waals surface area contributed by atoms with Crippen molar-refractivity contribution in [3.63, 3.8) is 0 Å². The van der Waals surface area contributed by atoms with Crippen molar-refractivity contribution in [1.29, 1.82) is 0 Å². The van der Waals surface area contributed by atoms with E-state index in [0.717, 1.165) is 11.5 Å². The second kappa shape index (κ2) is 5.80. The maximum Gasteiger partial charge on any atom is 0.389 e. The lowest BCUT2D eigenvalue weighted by atomic mass is 10.3. The van der Waals surface area contributed by atoms with E-state index in [4.69, 9.17) is 0 Å². The van der Waals surface area contributed by atoms with Gasteiger partial charge < -0.3 is 0 Å². The quantitative estimate of drug-likeness (QED) is 0.647. The summed E-state index contributed by atoms with van der Waals surface area (Å²) in [4.78, 5) is 16.1. The molecule has 1 heterocycles. The molecule has 1 amide bonds. The summed E-state index contributed by atoms with van der Waals surface area (Å²) in [6.45, 7) is -0.177. The Balaban J connectivity index is 2.10. The molecule has 16 heavy (non-hydrogen) atoms. The Morgan fingerprint density at radius 2 is 2.31 bits per heavy atom. The van der Waals surface area contributed by atoms with Gasteiger partial charge in [0.1, 0.15) is 4.88 Å². The predicted octanol–water partition coefficient (Wildman–Crippen LogP) is 2.15. The molecule has 0 saturated heterocycles. The molecule has 0 radical (unpaired) electrons. The molecule has 4 nitrogen and oxygen atoms in total. The van der Waals surface area contributed by atoms with Crippen LogP contribution in [0.25, 0.3) is 0 Å². The van der Waals surface area contributed by atoms with Crippen LogP contribution in [0.1, 0.15) is 22.5 Å². The summed E-state index contributed by atoms with van der Waals surface area (Å²) in [5.74, 6) is -0.505. The molecule has 0 aromatic carbocycles. The molecule has 0 fully saturated rings. The zero-order valence-electron chi connectivity index (χ0n) is 8.08. The number of rotatable bonds is 5. The summed E-state index contributed by atoms with van der Waals surface area (Å²) in [6, 6.07) is 1.49. The van der Waals surface area contributed by atoms with E-state index in [9.17, 15) is 18.0 Å². The number of carbonyl (C=O) groups excluding carboxylic acids is 1. The molecule has 0 unspecified atom stereocenters. The molecular formula is C8H9F3N2O2S. The zero-order valence-corrected chi connectivity index (χ0v) is 8.90. The molecular weight excluding hydrogens is 245 g/mol. The van der Waals surface area contributed by atoms with Gasteiger partial charge in [0.25, 0.3) is 5.91 Å². The van der Waals surface area contributed by atoms with Crippen molar-refractivity contribution in [3.8, 4) is 0 Å². The Morgan fingerprint density at radius 1 is 1.56 bits per heavy atom. The Labute approximate surface area is 93.5 Å². The minimum absolute atomic E-state index is 0.177. The summed E-state index contributed by atoms with van der Waals surface area (Å²) < 4.78 is 38.8. The summed E-state index contributed by atoms with van der Waals surface area (Å²) in [7, 11) is 0. The normalized spacial score (nSPS) is 11.4. The van der Waals surface area contributed by atoms with Gasteiger partial charge in [0.2, 0.25) is 0 Å². The molecule has 1 aromatic heterocycles. The highest BCUT2D eigenvalue weighted by molar-refractivity contribution is 7.08. The van der Waals surface area contributed by atoms with E-state index in [1.54, 1.807) is 0 Å². The van der Waals surface area contributed by atoms with Gasteiger partial charge in [0.05, 0.1) is 6.61 Å². The molecule has 0 atom stereocenters. The van der Waals surface area contributed by atoms with E-state index in [2.05, 4.69) is 9.21 Å². The number of nitrogens with zero attached hydrogens (tertiary/aromatic N) is 1. The second-order valence-corrected chi connectivity index (χ2v) is 3.71. The summed E-state index contributed by atoms with van der Waals surface area (Å²) in [5.41, 5.74) is 2.04. The molecule has 0 aliphatic carbocycles. The highest BCUT2D eigenvalue weighted by atomic mass is 32.1. The molecule has 1 aromatic rings. The number of hydrogen-bond acceptors (Lipinski definition) is 4. The second-order valence-electron chi connectivity index (χ2n) is 2.88. The Hall–Kier alpha value is -1.15. The molecule has 1 rings (SSSR count). The van der Waals surface area contributed by atoms with Crippen LogP contribution in [0.5, 0.6) is 0 Å². The first-order valence-corrected chi connectivity index (χ1v) is 5.16. The van der Waals surface area contributed by atoms with Crippen LogP contribution in [0.15, 0.2) is 12.3 Å². The topological polar surface area (TPSA) is 51.2 Å². The molecule has 0 spiro atoms. The monoisotopic (exact) mass is 254 g/mol. The zero-order chi connectivity index (χ0) is 12.0. The minimum atomic E-state index is -4.19. The smallest absolute Gasteiger partial charge is 0.273 e. The van der Waals surface area contributed by atoms with E-state index in [-0.39, 0.29) is 13.0 Å². The maximum absolute atomic E-state index is 11.7. The largest absolute Gasteiger partial charge is 0.389 e. The van der Waals surface area contributed by atoms with Gasteiger partial charge in [-0.25, -0.2) is 9.85 Å². The number of hydrogen-bond donors (Lipinski definition) is 1. The molecule has 90 valence electrons. The Kier molecular flexibility index (Phi) is 4.69. The lowest BCUT2D eigenvalue weighted by molar-refractivity contribution is -0.138. The van der Waals surface area contributed by atoms with Gasteiger partial charge in [-0.1, -0.05) is 0 Å². The van der Waals surface area contributed by atoms with Gasteiger partial charge in [-0.15, -0.1) is 0 Å². The Morgan fingerprint density at radius 3 is 2.88 bits per heavy atom. The molecule has 0 bridgehead atoms. The third kappa shape index (κ3) is 5.08. The number of hydroxylamine groups is 1. The highest BCUT2D eigenvalue weighted by Crippen LogP contribution is 2.20. The van der Waals surface area contributed by atoms with E-state index in [1.807, 2.05) is 5.48 Å². The standard InChI is InChI=1S/C8H9F3N2O2S/c9-8(10,11)3-1-5-15-13-7(14)6-2-4-12-16-6/h2,4H,1,3,5H2,(H,13,14). The van der Waals surface area contributed by atoms with E-state index < -0.39 is 18.5 Å². The average Bonchev–Trinajstić information content (AvgIpc) is 2.67. The van der Waals surface area contributed by atoms with Crippen molar-refractivity contribution in [3.05, 3.63) is 17.1 Å². The fourth-order valence-corrected chi connectivity index (χ4v) is 1.33. The number of amides is 1.